The van der Waals surface area contributed by atoms with Gasteiger partial charge < -0.3 is 14.4 Å². The predicted octanol–water partition coefficient (Wildman–Crippen LogP) is 6.37. The molecule has 3 aromatic carbocycles. The lowest BCUT2D eigenvalue weighted by Crippen LogP contribution is -2.45. The van der Waals surface area contributed by atoms with Gasteiger partial charge in [-0.05, 0) is 67.8 Å². The van der Waals surface area contributed by atoms with Gasteiger partial charge in [0, 0.05) is 41.5 Å². The van der Waals surface area contributed by atoms with Crippen LogP contribution in [0, 0.1) is 18.3 Å². The van der Waals surface area contributed by atoms with Crippen LogP contribution in [-0.4, -0.2) is 37.4 Å². The minimum atomic E-state index is 0.220. The highest BCUT2D eigenvalue weighted by atomic mass is 16.5. The molecule has 0 spiro atoms. The van der Waals surface area contributed by atoms with Gasteiger partial charge >= 0.3 is 0 Å². The molecule has 1 saturated heterocycles. The second-order valence-corrected chi connectivity index (χ2v) is 9.26. The summed E-state index contributed by atoms with van der Waals surface area (Å²) in [6, 6.07) is 22.7. The molecule has 1 aliphatic rings. The molecule has 35 heavy (non-hydrogen) atoms. The first kappa shape index (κ1) is 22.9. The zero-order valence-electron chi connectivity index (χ0n) is 20.6. The number of morpholine rings is 1. The van der Waals surface area contributed by atoms with Gasteiger partial charge in [-0.1, -0.05) is 30.3 Å². The molecule has 0 saturated carbocycles. The van der Waals surface area contributed by atoms with Gasteiger partial charge in [0.05, 0.1) is 36.5 Å². The van der Waals surface area contributed by atoms with Crippen LogP contribution in [0.5, 0.6) is 5.75 Å². The summed E-state index contributed by atoms with van der Waals surface area (Å²) in [6.07, 6.45) is 2.34. The standard InChI is InChI=1S/C30H29N3O2/c1-19-14-22(15-31)8-13-25(19)26-6-5-7-27-29(26)32-16-28(30(27)34-4)23-9-11-24(12-10-23)33-17-20(2)35-21(3)18-33/h5-14,16,20-21H,17-18H2,1-4H3/t20-,21+. The number of nitriles is 1. The molecule has 1 aromatic heterocycles. The van der Waals surface area contributed by atoms with Crippen LogP contribution in [0.15, 0.2) is 66.9 Å². The van der Waals surface area contributed by atoms with Crippen LogP contribution in [0.25, 0.3) is 33.2 Å². The second kappa shape index (κ2) is 9.40. The summed E-state index contributed by atoms with van der Waals surface area (Å²) < 4.78 is 11.8. The Morgan fingerprint density at radius 2 is 1.71 bits per heavy atom. The Morgan fingerprint density at radius 3 is 2.37 bits per heavy atom. The maximum atomic E-state index is 9.23. The van der Waals surface area contributed by atoms with Crippen molar-refractivity contribution in [2.24, 2.45) is 0 Å². The van der Waals surface area contributed by atoms with E-state index in [2.05, 4.69) is 61.2 Å². The quantitative estimate of drug-likeness (QED) is 0.352. The SMILES string of the molecule is COc1c(-c2ccc(N3C[C@@H](C)O[C@@H](C)C3)cc2)cnc2c(-c3ccc(C#N)cc3C)cccc12. The minimum absolute atomic E-state index is 0.220. The highest BCUT2D eigenvalue weighted by Gasteiger charge is 2.22. The first-order chi connectivity index (χ1) is 17.0. The summed E-state index contributed by atoms with van der Waals surface area (Å²) in [5.41, 5.74) is 7.90. The van der Waals surface area contributed by atoms with Crippen molar-refractivity contribution in [1.29, 1.82) is 5.26 Å². The molecular weight excluding hydrogens is 434 g/mol. The number of benzene rings is 3. The topological polar surface area (TPSA) is 58.4 Å². The normalized spacial score (nSPS) is 17.9. The molecule has 0 radical (unpaired) electrons. The van der Waals surface area contributed by atoms with Gasteiger partial charge in [-0.3, -0.25) is 4.98 Å². The van der Waals surface area contributed by atoms with Gasteiger partial charge in [0.25, 0.3) is 0 Å². The van der Waals surface area contributed by atoms with Gasteiger partial charge in [0.2, 0.25) is 0 Å². The Morgan fingerprint density at radius 1 is 0.971 bits per heavy atom. The number of anilines is 1. The minimum Gasteiger partial charge on any atom is -0.495 e. The van der Waals surface area contributed by atoms with Crippen molar-refractivity contribution in [2.45, 2.75) is 33.0 Å². The van der Waals surface area contributed by atoms with Crippen LogP contribution >= 0.6 is 0 Å². The average Bonchev–Trinajstić information content (AvgIpc) is 2.87. The van der Waals surface area contributed by atoms with Crippen LogP contribution < -0.4 is 9.64 Å². The van der Waals surface area contributed by atoms with Gasteiger partial charge in [-0.25, -0.2) is 0 Å². The number of hydrogen-bond donors (Lipinski definition) is 0. The molecule has 0 bridgehead atoms. The third-order valence-corrected chi connectivity index (χ3v) is 6.66. The van der Waals surface area contributed by atoms with Crippen molar-refractivity contribution in [2.75, 3.05) is 25.1 Å². The monoisotopic (exact) mass is 463 g/mol. The van der Waals surface area contributed by atoms with Crippen LogP contribution in [0.1, 0.15) is 25.0 Å². The number of para-hydroxylation sites is 1. The number of ether oxygens (including phenoxy) is 2. The number of nitrogens with zero attached hydrogens (tertiary/aromatic N) is 3. The van der Waals surface area contributed by atoms with E-state index in [-0.39, 0.29) is 12.2 Å². The molecule has 5 rings (SSSR count). The fraction of sp³-hybridized carbons (Fsp3) is 0.267. The van der Waals surface area contributed by atoms with E-state index >= 15 is 0 Å². The van der Waals surface area contributed by atoms with Crippen molar-refractivity contribution in [3.8, 4) is 34.1 Å². The molecule has 176 valence electrons. The number of aromatic nitrogens is 1. The summed E-state index contributed by atoms with van der Waals surface area (Å²) in [4.78, 5) is 7.27. The Balaban J connectivity index is 1.54. The molecule has 0 N–H and O–H groups in total. The van der Waals surface area contributed by atoms with Crippen molar-refractivity contribution >= 4 is 16.6 Å². The van der Waals surface area contributed by atoms with Gasteiger partial charge in [-0.15, -0.1) is 0 Å². The molecule has 2 heterocycles. The lowest BCUT2D eigenvalue weighted by molar-refractivity contribution is -0.00521. The lowest BCUT2D eigenvalue weighted by atomic mass is 9.95. The lowest BCUT2D eigenvalue weighted by Gasteiger charge is -2.36. The summed E-state index contributed by atoms with van der Waals surface area (Å²) in [5, 5.41) is 10.2. The van der Waals surface area contributed by atoms with Crippen molar-refractivity contribution in [3.63, 3.8) is 0 Å². The molecule has 2 atom stereocenters. The fourth-order valence-electron chi connectivity index (χ4n) is 5.12. The molecule has 5 nitrogen and oxygen atoms in total. The molecule has 4 aromatic rings. The Hall–Kier alpha value is -3.88. The van der Waals surface area contributed by atoms with E-state index in [4.69, 9.17) is 14.5 Å². The predicted molar refractivity (Wildman–Crippen MR) is 141 cm³/mol. The molecule has 1 aliphatic heterocycles. The number of methoxy groups -OCH3 is 1. The van der Waals surface area contributed by atoms with E-state index in [0.29, 0.717) is 5.56 Å². The van der Waals surface area contributed by atoms with E-state index in [1.54, 1.807) is 7.11 Å². The average molecular weight is 464 g/mol. The number of fused-ring (bicyclic) bond motifs is 1. The van der Waals surface area contributed by atoms with E-state index in [1.807, 2.05) is 37.4 Å². The summed E-state index contributed by atoms with van der Waals surface area (Å²) in [5.74, 6) is 0.810. The highest BCUT2D eigenvalue weighted by Crippen LogP contribution is 2.40. The Bertz CT molecular complexity index is 1410. The molecule has 5 heteroatoms. The maximum absolute atomic E-state index is 9.23. The van der Waals surface area contributed by atoms with Crippen LogP contribution in [0.3, 0.4) is 0 Å². The number of rotatable bonds is 4. The van der Waals surface area contributed by atoms with Crippen molar-refractivity contribution < 1.29 is 9.47 Å². The largest absolute Gasteiger partial charge is 0.495 e. The third-order valence-electron chi connectivity index (χ3n) is 6.66. The first-order valence-electron chi connectivity index (χ1n) is 12.0. The van der Waals surface area contributed by atoms with E-state index in [9.17, 15) is 5.26 Å². The van der Waals surface area contributed by atoms with Crippen LogP contribution in [-0.2, 0) is 4.74 Å². The summed E-state index contributed by atoms with van der Waals surface area (Å²) in [6.45, 7) is 8.05. The van der Waals surface area contributed by atoms with E-state index in [1.165, 1.54) is 5.69 Å². The Kier molecular flexibility index (Phi) is 6.15. The molecule has 0 unspecified atom stereocenters. The zero-order chi connectivity index (χ0) is 24.5. The van der Waals surface area contributed by atoms with Gasteiger partial charge in [0.1, 0.15) is 5.75 Å². The molecular formula is C30H29N3O2. The maximum Gasteiger partial charge on any atom is 0.137 e. The van der Waals surface area contributed by atoms with Crippen molar-refractivity contribution in [3.05, 3.63) is 78.0 Å². The summed E-state index contributed by atoms with van der Waals surface area (Å²) >= 11 is 0. The Labute approximate surface area is 206 Å². The molecule has 0 aliphatic carbocycles. The third kappa shape index (κ3) is 4.34. The van der Waals surface area contributed by atoms with Crippen molar-refractivity contribution in [1.82, 2.24) is 4.98 Å². The number of hydrogen-bond acceptors (Lipinski definition) is 5. The second-order valence-electron chi connectivity index (χ2n) is 9.26. The highest BCUT2D eigenvalue weighted by molar-refractivity contribution is 6.00. The van der Waals surface area contributed by atoms with Crippen LogP contribution in [0.4, 0.5) is 5.69 Å². The van der Waals surface area contributed by atoms with E-state index in [0.717, 1.165) is 57.6 Å². The fourth-order valence-corrected chi connectivity index (χ4v) is 5.12. The van der Waals surface area contributed by atoms with Crippen LogP contribution in [0.2, 0.25) is 0 Å². The first-order valence-corrected chi connectivity index (χ1v) is 12.0. The van der Waals surface area contributed by atoms with Gasteiger partial charge in [-0.2, -0.15) is 5.26 Å². The number of aryl methyl sites for hydroxylation is 1. The zero-order valence-corrected chi connectivity index (χ0v) is 20.6. The smallest absolute Gasteiger partial charge is 0.137 e. The summed E-state index contributed by atoms with van der Waals surface area (Å²) in [7, 11) is 1.71. The van der Waals surface area contributed by atoms with E-state index < -0.39 is 0 Å². The van der Waals surface area contributed by atoms with Gasteiger partial charge in [0.15, 0.2) is 0 Å². The molecule has 1 fully saturated rings. The molecule has 0 amide bonds. The number of pyridine rings is 1.